The fourth-order valence-corrected chi connectivity index (χ4v) is 2.97. The summed E-state index contributed by atoms with van der Waals surface area (Å²) in [6, 6.07) is 10.0. The van der Waals surface area contributed by atoms with Crippen molar-refractivity contribution in [3.8, 4) is 0 Å². The first kappa shape index (κ1) is 14.7. The third kappa shape index (κ3) is 3.43. The molecule has 0 fully saturated rings. The Hall–Kier alpha value is -1.72. The first-order chi connectivity index (χ1) is 9.47. The molecule has 104 valence electrons. The van der Waals surface area contributed by atoms with Gasteiger partial charge in [-0.05, 0) is 35.9 Å². The van der Waals surface area contributed by atoms with Crippen LogP contribution in [0.4, 0.5) is 4.39 Å². The molecule has 20 heavy (non-hydrogen) atoms. The molecule has 0 heterocycles. The zero-order valence-electron chi connectivity index (χ0n) is 10.2. The Bertz CT molecular complexity index is 671. The molecule has 0 aliphatic heterocycles. The molecule has 0 saturated heterocycles. The SMILES string of the molecule is O=C(O)c1ccc(CS(=O)c2ccc(F)c(Cl)c2)cc1. The van der Waals surface area contributed by atoms with Crippen molar-refractivity contribution < 1.29 is 18.5 Å². The molecule has 2 aromatic rings. The molecule has 0 aliphatic carbocycles. The molecule has 1 atom stereocenters. The lowest BCUT2D eigenvalue weighted by Crippen LogP contribution is -1.99. The maximum absolute atomic E-state index is 13.0. The fraction of sp³-hybridized carbons (Fsp3) is 0.0714. The summed E-state index contributed by atoms with van der Waals surface area (Å²) in [6.07, 6.45) is 0. The molecule has 0 saturated carbocycles. The van der Waals surface area contributed by atoms with Gasteiger partial charge in [-0.1, -0.05) is 23.7 Å². The third-order valence-electron chi connectivity index (χ3n) is 2.65. The van der Waals surface area contributed by atoms with E-state index in [1.807, 2.05) is 0 Å². The van der Waals surface area contributed by atoms with E-state index in [0.29, 0.717) is 4.90 Å². The maximum atomic E-state index is 13.0. The van der Waals surface area contributed by atoms with Gasteiger partial charge in [0.1, 0.15) is 5.82 Å². The Kier molecular flexibility index (Phi) is 4.52. The molecule has 3 nitrogen and oxygen atoms in total. The summed E-state index contributed by atoms with van der Waals surface area (Å²) in [7, 11) is -1.37. The van der Waals surface area contributed by atoms with Crippen LogP contribution in [0.1, 0.15) is 15.9 Å². The van der Waals surface area contributed by atoms with E-state index in [1.54, 1.807) is 12.1 Å². The Balaban J connectivity index is 2.14. The van der Waals surface area contributed by atoms with Crippen LogP contribution in [0.5, 0.6) is 0 Å². The Morgan fingerprint density at radius 2 is 1.85 bits per heavy atom. The minimum absolute atomic E-state index is 0.0722. The monoisotopic (exact) mass is 312 g/mol. The minimum Gasteiger partial charge on any atom is -0.478 e. The van der Waals surface area contributed by atoms with Crippen molar-refractivity contribution in [3.63, 3.8) is 0 Å². The van der Waals surface area contributed by atoms with Crippen LogP contribution in [0.3, 0.4) is 0 Å². The summed E-state index contributed by atoms with van der Waals surface area (Å²) in [5.41, 5.74) is 0.901. The molecule has 0 bridgehead atoms. The summed E-state index contributed by atoms with van der Waals surface area (Å²) in [6.45, 7) is 0. The van der Waals surface area contributed by atoms with Crippen molar-refractivity contribution in [3.05, 3.63) is 64.4 Å². The standard InChI is InChI=1S/C14H10ClFO3S/c15-12-7-11(5-6-13(12)16)20(19)8-9-1-3-10(4-2-9)14(17)18/h1-7H,8H2,(H,17,18). The van der Waals surface area contributed by atoms with E-state index < -0.39 is 22.6 Å². The van der Waals surface area contributed by atoms with Gasteiger partial charge in [-0.25, -0.2) is 9.18 Å². The van der Waals surface area contributed by atoms with Gasteiger partial charge in [-0.3, -0.25) is 4.21 Å². The highest BCUT2D eigenvalue weighted by atomic mass is 35.5. The van der Waals surface area contributed by atoms with Gasteiger partial charge in [0.25, 0.3) is 0 Å². The van der Waals surface area contributed by atoms with Gasteiger partial charge >= 0.3 is 5.97 Å². The van der Waals surface area contributed by atoms with Crippen LogP contribution >= 0.6 is 11.6 Å². The molecule has 2 aromatic carbocycles. The van der Waals surface area contributed by atoms with Crippen molar-refractivity contribution in [1.29, 1.82) is 0 Å². The van der Waals surface area contributed by atoms with Gasteiger partial charge in [0.05, 0.1) is 27.1 Å². The molecule has 0 aliphatic rings. The van der Waals surface area contributed by atoms with E-state index in [-0.39, 0.29) is 16.3 Å². The smallest absolute Gasteiger partial charge is 0.335 e. The topological polar surface area (TPSA) is 54.4 Å². The summed E-state index contributed by atoms with van der Waals surface area (Å²) in [4.78, 5) is 11.1. The summed E-state index contributed by atoms with van der Waals surface area (Å²) in [5, 5.41) is 8.71. The minimum atomic E-state index is -1.37. The first-order valence-corrected chi connectivity index (χ1v) is 7.33. The molecule has 2 rings (SSSR count). The van der Waals surface area contributed by atoms with E-state index in [2.05, 4.69) is 0 Å². The van der Waals surface area contributed by atoms with Crippen LogP contribution in [-0.2, 0) is 16.6 Å². The Morgan fingerprint density at radius 3 is 2.40 bits per heavy atom. The highest BCUT2D eigenvalue weighted by Gasteiger charge is 2.09. The highest BCUT2D eigenvalue weighted by molar-refractivity contribution is 7.84. The van der Waals surface area contributed by atoms with Crippen LogP contribution in [0.15, 0.2) is 47.4 Å². The van der Waals surface area contributed by atoms with Crippen molar-refractivity contribution in [2.24, 2.45) is 0 Å². The number of carboxylic acid groups (broad SMARTS) is 1. The van der Waals surface area contributed by atoms with E-state index in [0.717, 1.165) is 5.56 Å². The Labute approximate surface area is 122 Å². The lowest BCUT2D eigenvalue weighted by molar-refractivity contribution is 0.0697. The number of carboxylic acids is 1. The lowest BCUT2D eigenvalue weighted by Gasteiger charge is -2.04. The van der Waals surface area contributed by atoms with Crippen molar-refractivity contribution >= 4 is 28.4 Å². The van der Waals surface area contributed by atoms with E-state index in [9.17, 15) is 13.4 Å². The normalized spacial score (nSPS) is 12.1. The third-order valence-corrected chi connectivity index (χ3v) is 4.32. The average Bonchev–Trinajstić information content (AvgIpc) is 2.42. The molecule has 0 amide bonds. The van der Waals surface area contributed by atoms with Gasteiger partial charge in [0, 0.05) is 4.90 Å². The number of rotatable bonds is 4. The fourth-order valence-electron chi connectivity index (χ4n) is 1.60. The molecule has 6 heteroatoms. The second-order valence-electron chi connectivity index (χ2n) is 4.07. The molecule has 0 aromatic heterocycles. The van der Waals surface area contributed by atoms with Crippen molar-refractivity contribution in [2.75, 3.05) is 0 Å². The molecule has 1 unspecified atom stereocenters. The van der Waals surface area contributed by atoms with Crippen molar-refractivity contribution in [2.45, 2.75) is 10.6 Å². The zero-order chi connectivity index (χ0) is 14.7. The number of aromatic carboxylic acids is 1. The molecule has 0 spiro atoms. The number of benzene rings is 2. The second kappa shape index (κ2) is 6.15. The van der Waals surface area contributed by atoms with Crippen LogP contribution < -0.4 is 0 Å². The molecule has 1 N–H and O–H groups in total. The Morgan fingerprint density at radius 1 is 1.20 bits per heavy atom. The largest absolute Gasteiger partial charge is 0.478 e. The van der Waals surface area contributed by atoms with Gasteiger partial charge < -0.3 is 5.11 Å². The van der Waals surface area contributed by atoms with Crippen LogP contribution in [-0.4, -0.2) is 15.3 Å². The van der Waals surface area contributed by atoms with Gasteiger partial charge in [0.2, 0.25) is 0 Å². The lowest BCUT2D eigenvalue weighted by atomic mass is 10.1. The molecular formula is C14H10ClFO3S. The molecule has 0 radical (unpaired) electrons. The van der Waals surface area contributed by atoms with E-state index in [4.69, 9.17) is 16.7 Å². The van der Waals surface area contributed by atoms with Crippen molar-refractivity contribution in [1.82, 2.24) is 0 Å². The van der Waals surface area contributed by atoms with Gasteiger partial charge in [0.15, 0.2) is 0 Å². The van der Waals surface area contributed by atoms with Crippen LogP contribution in [0.25, 0.3) is 0 Å². The van der Waals surface area contributed by atoms with E-state index >= 15 is 0 Å². The molecular weight excluding hydrogens is 303 g/mol. The zero-order valence-corrected chi connectivity index (χ0v) is 11.7. The average molecular weight is 313 g/mol. The van der Waals surface area contributed by atoms with Gasteiger partial charge in [-0.2, -0.15) is 0 Å². The quantitative estimate of drug-likeness (QED) is 0.940. The first-order valence-electron chi connectivity index (χ1n) is 5.63. The van der Waals surface area contributed by atoms with Crippen LogP contribution in [0.2, 0.25) is 5.02 Å². The van der Waals surface area contributed by atoms with E-state index in [1.165, 1.54) is 30.3 Å². The predicted octanol–water partition coefficient (Wildman–Crippen LogP) is 3.49. The number of hydrogen-bond acceptors (Lipinski definition) is 2. The van der Waals surface area contributed by atoms with Crippen LogP contribution in [0, 0.1) is 5.82 Å². The van der Waals surface area contributed by atoms with Gasteiger partial charge in [-0.15, -0.1) is 0 Å². The maximum Gasteiger partial charge on any atom is 0.335 e. The predicted molar refractivity (Wildman–Crippen MR) is 74.9 cm³/mol. The summed E-state index contributed by atoms with van der Waals surface area (Å²) >= 11 is 5.64. The number of halogens is 2. The number of carbonyl (C=O) groups is 1. The number of hydrogen-bond donors (Lipinski definition) is 1. The highest BCUT2D eigenvalue weighted by Crippen LogP contribution is 2.20. The summed E-state index contributed by atoms with van der Waals surface area (Å²) in [5.74, 6) is -1.36. The summed E-state index contributed by atoms with van der Waals surface area (Å²) < 4.78 is 25.1. The second-order valence-corrected chi connectivity index (χ2v) is 5.93.